The summed E-state index contributed by atoms with van der Waals surface area (Å²) in [6.07, 6.45) is 0. The lowest BCUT2D eigenvalue weighted by molar-refractivity contribution is -0.158. The van der Waals surface area contributed by atoms with Crippen molar-refractivity contribution < 1.29 is 19.4 Å². The Kier molecular flexibility index (Phi) is 7.53. The van der Waals surface area contributed by atoms with Gasteiger partial charge in [-0.15, -0.1) is 0 Å². The lowest BCUT2D eigenvalue weighted by Gasteiger charge is -2.34. The summed E-state index contributed by atoms with van der Waals surface area (Å²) in [5, 5.41) is 8.78. The van der Waals surface area contributed by atoms with Gasteiger partial charge in [0.25, 0.3) is 0 Å². The van der Waals surface area contributed by atoms with Gasteiger partial charge in [-0.05, 0) is 40.0 Å². The van der Waals surface area contributed by atoms with Crippen LogP contribution in [0.5, 0.6) is 0 Å². The smallest absolute Gasteiger partial charge is 0.309 e. The van der Waals surface area contributed by atoms with Gasteiger partial charge in [-0.25, -0.2) is 0 Å². The van der Waals surface area contributed by atoms with Crippen LogP contribution < -0.4 is 0 Å². The molecule has 0 fully saturated rings. The summed E-state index contributed by atoms with van der Waals surface area (Å²) in [5.41, 5.74) is -1.17. The number of carboxylic acids is 1. The predicted octanol–water partition coefficient (Wildman–Crippen LogP) is 4.13. The van der Waals surface area contributed by atoms with E-state index >= 15 is 0 Å². The fourth-order valence-electron chi connectivity index (χ4n) is 0.740. The fraction of sp³-hybridized carbons (Fsp3) is 0.875. The molecule has 120 valence electrons. The Labute approximate surface area is 123 Å². The van der Waals surface area contributed by atoms with Crippen molar-refractivity contribution in [1.29, 1.82) is 0 Å². The highest BCUT2D eigenvalue weighted by atomic mass is 16.6. The minimum Gasteiger partial charge on any atom is -0.481 e. The summed E-state index contributed by atoms with van der Waals surface area (Å²) in [6.45, 7) is 18.5. The number of hydrogen-bond acceptors (Lipinski definition) is 3. The van der Waals surface area contributed by atoms with Crippen molar-refractivity contribution in [3.63, 3.8) is 0 Å². The largest absolute Gasteiger partial charge is 0.481 e. The van der Waals surface area contributed by atoms with Crippen molar-refractivity contribution in [2.75, 3.05) is 0 Å². The van der Waals surface area contributed by atoms with Crippen LogP contribution >= 0.6 is 0 Å². The van der Waals surface area contributed by atoms with Gasteiger partial charge in [0.1, 0.15) is 5.60 Å². The van der Waals surface area contributed by atoms with Crippen molar-refractivity contribution in [2.24, 2.45) is 16.7 Å². The maximum atomic E-state index is 10.9. The van der Waals surface area contributed by atoms with Gasteiger partial charge in [-0.2, -0.15) is 0 Å². The van der Waals surface area contributed by atoms with Crippen LogP contribution in [-0.2, 0) is 14.3 Å². The predicted molar refractivity (Wildman–Crippen MR) is 81.6 cm³/mol. The van der Waals surface area contributed by atoms with Gasteiger partial charge in [0.05, 0.1) is 11.3 Å². The zero-order valence-electron chi connectivity index (χ0n) is 14.7. The number of aliphatic carboxylic acids is 1. The minimum atomic E-state index is -0.736. The topological polar surface area (TPSA) is 63.6 Å². The molecule has 0 amide bonds. The van der Waals surface area contributed by atoms with E-state index in [2.05, 4.69) is 0 Å². The van der Waals surface area contributed by atoms with E-state index < -0.39 is 11.4 Å². The van der Waals surface area contributed by atoms with E-state index in [1.165, 1.54) is 0 Å². The maximum Gasteiger partial charge on any atom is 0.309 e. The molecule has 0 bridgehead atoms. The molecule has 4 heteroatoms. The molecule has 0 aliphatic carbocycles. The van der Waals surface area contributed by atoms with Crippen molar-refractivity contribution >= 4 is 11.9 Å². The van der Waals surface area contributed by atoms with Crippen molar-refractivity contribution in [2.45, 2.75) is 74.8 Å². The Balaban J connectivity index is 0. The monoisotopic (exact) mass is 288 g/mol. The van der Waals surface area contributed by atoms with Crippen LogP contribution in [0, 0.1) is 16.7 Å². The molecule has 0 aliphatic rings. The quantitative estimate of drug-likeness (QED) is 0.776. The SMILES string of the molecule is CC(C)(C)C(C)(C)C(=O)O.CC(C)C(=O)OC(C)(C)C. The molecule has 1 N–H and O–H groups in total. The molecule has 0 aromatic heterocycles. The summed E-state index contributed by atoms with van der Waals surface area (Å²) in [4.78, 5) is 21.6. The molecule has 0 heterocycles. The number of carboxylic acid groups (broad SMARTS) is 1. The van der Waals surface area contributed by atoms with Gasteiger partial charge in [0, 0.05) is 0 Å². The van der Waals surface area contributed by atoms with Crippen molar-refractivity contribution in [3.8, 4) is 0 Å². The second-order valence-electron chi connectivity index (χ2n) is 7.87. The van der Waals surface area contributed by atoms with Gasteiger partial charge in [-0.3, -0.25) is 9.59 Å². The van der Waals surface area contributed by atoms with Crippen molar-refractivity contribution in [1.82, 2.24) is 0 Å². The molecule has 0 atom stereocenters. The van der Waals surface area contributed by atoms with E-state index in [4.69, 9.17) is 9.84 Å². The number of rotatable bonds is 2. The molecule has 0 aromatic carbocycles. The van der Waals surface area contributed by atoms with Gasteiger partial charge >= 0.3 is 11.9 Å². The van der Waals surface area contributed by atoms with Gasteiger partial charge in [0.15, 0.2) is 0 Å². The van der Waals surface area contributed by atoms with Crippen LogP contribution in [0.4, 0.5) is 0 Å². The van der Waals surface area contributed by atoms with E-state index in [1.807, 2.05) is 55.4 Å². The summed E-state index contributed by atoms with van der Waals surface area (Å²) < 4.78 is 5.06. The first-order valence-electron chi connectivity index (χ1n) is 6.98. The average molecular weight is 288 g/mol. The molecule has 0 unspecified atom stereocenters. The Bertz CT molecular complexity index is 325. The molecular weight excluding hydrogens is 256 g/mol. The lowest BCUT2D eigenvalue weighted by atomic mass is 9.69. The van der Waals surface area contributed by atoms with Gasteiger partial charge in [-0.1, -0.05) is 34.6 Å². The number of esters is 1. The molecule has 0 aliphatic heterocycles. The third-order valence-corrected chi connectivity index (χ3v) is 3.29. The molecule has 0 aromatic rings. The van der Waals surface area contributed by atoms with Gasteiger partial charge in [0.2, 0.25) is 0 Å². The van der Waals surface area contributed by atoms with Crippen LogP contribution in [0.2, 0.25) is 0 Å². The molecule has 0 saturated heterocycles. The Hall–Kier alpha value is -1.06. The number of ether oxygens (including phenoxy) is 1. The zero-order chi connectivity index (χ0) is 16.9. The molecule has 0 spiro atoms. The minimum absolute atomic E-state index is 0.0285. The number of carbonyl (C=O) groups is 2. The number of hydrogen-bond donors (Lipinski definition) is 1. The first-order chi connectivity index (χ1) is 8.52. The first-order valence-corrected chi connectivity index (χ1v) is 6.98. The molecule has 0 saturated carbocycles. The molecule has 0 radical (unpaired) electrons. The molecular formula is C16H32O4. The second-order valence-corrected chi connectivity index (χ2v) is 7.87. The van der Waals surface area contributed by atoms with Crippen LogP contribution in [0.1, 0.15) is 69.2 Å². The van der Waals surface area contributed by atoms with Crippen LogP contribution in [-0.4, -0.2) is 22.6 Å². The number of carbonyl (C=O) groups excluding carboxylic acids is 1. The van der Waals surface area contributed by atoms with Crippen LogP contribution in [0.3, 0.4) is 0 Å². The highest BCUT2D eigenvalue weighted by Gasteiger charge is 2.39. The van der Waals surface area contributed by atoms with Crippen molar-refractivity contribution in [3.05, 3.63) is 0 Å². The standard InChI is InChI=1S/2C8H16O2/c1-7(2,3)8(4,5)6(9)10;1-6(2)7(9)10-8(3,4)5/h1-5H3,(H,9,10);6H,1-5H3. The fourth-order valence-corrected chi connectivity index (χ4v) is 0.740. The highest BCUT2D eigenvalue weighted by Crippen LogP contribution is 2.37. The van der Waals surface area contributed by atoms with Gasteiger partial charge < -0.3 is 9.84 Å². The molecule has 20 heavy (non-hydrogen) atoms. The zero-order valence-corrected chi connectivity index (χ0v) is 14.7. The van der Waals surface area contributed by atoms with Crippen LogP contribution in [0.25, 0.3) is 0 Å². The van der Waals surface area contributed by atoms with E-state index in [-0.39, 0.29) is 22.9 Å². The van der Waals surface area contributed by atoms with Crippen LogP contribution in [0.15, 0.2) is 0 Å². The maximum absolute atomic E-state index is 10.9. The summed E-state index contributed by atoms with van der Waals surface area (Å²) in [7, 11) is 0. The lowest BCUT2D eigenvalue weighted by Crippen LogP contribution is -2.37. The second kappa shape index (κ2) is 7.09. The average Bonchev–Trinajstić information content (AvgIpc) is 2.13. The summed E-state index contributed by atoms with van der Waals surface area (Å²) in [5.74, 6) is -0.897. The summed E-state index contributed by atoms with van der Waals surface area (Å²) >= 11 is 0. The molecule has 0 rings (SSSR count). The normalized spacial score (nSPS) is 12.6. The Morgan fingerprint density at radius 2 is 1.25 bits per heavy atom. The first kappa shape index (κ1) is 21.2. The van der Waals surface area contributed by atoms with E-state index in [9.17, 15) is 9.59 Å². The van der Waals surface area contributed by atoms with E-state index in [1.54, 1.807) is 13.8 Å². The van der Waals surface area contributed by atoms with E-state index in [0.29, 0.717) is 0 Å². The Morgan fingerprint density at radius 3 is 1.30 bits per heavy atom. The Morgan fingerprint density at radius 1 is 0.900 bits per heavy atom. The highest BCUT2D eigenvalue weighted by molar-refractivity contribution is 5.74. The molecule has 4 nitrogen and oxygen atoms in total. The summed E-state index contributed by atoms with van der Waals surface area (Å²) in [6, 6.07) is 0. The van der Waals surface area contributed by atoms with E-state index in [0.717, 1.165) is 0 Å². The third-order valence-electron chi connectivity index (χ3n) is 3.29. The third kappa shape index (κ3) is 8.18.